The van der Waals surface area contributed by atoms with Crippen molar-refractivity contribution in [3.05, 3.63) is 58.7 Å². The van der Waals surface area contributed by atoms with E-state index in [1.54, 1.807) is 18.2 Å². The summed E-state index contributed by atoms with van der Waals surface area (Å²) in [7, 11) is 2.74. The number of carbonyl (C=O) groups excluding carboxylic acids is 1. The molecule has 0 heterocycles. The number of halogens is 6. The Labute approximate surface area is 156 Å². The summed E-state index contributed by atoms with van der Waals surface area (Å²) in [6, 6.07) is 5.44. The maximum absolute atomic E-state index is 12.9. The van der Waals surface area contributed by atoms with Crippen molar-refractivity contribution in [1.29, 1.82) is 0 Å². The smallest absolute Gasteiger partial charge is 0.416 e. The van der Waals surface area contributed by atoms with Crippen LogP contribution >= 0.6 is 0 Å². The number of benzene rings is 2. The summed E-state index contributed by atoms with van der Waals surface area (Å²) in [4.78, 5) is 12.2. The molecule has 0 saturated heterocycles. The Balaban J connectivity index is 2.32. The first kappa shape index (κ1) is 21.4. The molecule has 0 aliphatic carbocycles. The van der Waals surface area contributed by atoms with Crippen molar-refractivity contribution in [3.63, 3.8) is 0 Å². The minimum Gasteiger partial charge on any atom is -0.493 e. The van der Waals surface area contributed by atoms with Crippen molar-refractivity contribution in [2.45, 2.75) is 18.9 Å². The van der Waals surface area contributed by atoms with Crippen molar-refractivity contribution in [3.8, 4) is 11.5 Å². The number of hydrogen-bond donors (Lipinski definition) is 1. The topological polar surface area (TPSA) is 47.6 Å². The molecule has 0 fully saturated rings. The van der Waals surface area contributed by atoms with E-state index in [9.17, 15) is 31.1 Å². The number of para-hydroxylation sites is 1. The van der Waals surface area contributed by atoms with Gasteiger partial charge in [0.2, 0.25) is 0 Å². The van der Waals surface area contributed by atoms with E-state index in [0.29, 0.717) is 23.4 Å². The number of hydrogen-bond acceptors (Lipinski definition) is 3. The van der Waals surface area contributed by atoms with Crippen molar-refractivity contribution < 1.29 is 40.6 Å². The van der Waals surface area contributed by atoms with E-state index in [2.05, 4.69) is 5.32 Å². The molecular weight excluding hydrogens is 392 g/mol. The van der Waals surface area contributed by atoms with E-state index in [1.165, 1.54) is 14.2 Å². The van der Waals surface area contributed by atoms with Gasteiger partial charge in [0, 0.05) is 17.7 Å². The third-order valence-electron chi connectivity index (χ3n) is 3.77. The van der Waals surface area contributed by atoms with Crippen LogP contribution in [0.5, 0.6) is 11.5 Å². The molecule has 0 aromatic heterocycles. The fourth-order valence-electron chi connectivity index (χ4n) is 2.46. The van der Waals surface area contributed by atoms with Crippen molar-refractivity contribution in [2.75, 3.05) is 14.2 Å². The van der Waals surface area contributed by atoms with Gasteiger partial charge in [0.15, 0.2) is 11.5 Å². The van der Waals surface area contributed by atoms with Crippen LogP contribution in [0.2, 0.25) is 0 Å². The van der Waals surface area contributed by atoms with E-state index in [-0.39, 0.29) is 18.4 Å². The van der Waals surface area contributed by atoms with Crippen LogP contribution in [0, 0.1) is 0 Å². The average Bonchev–Trinajstić information content (AvgIpc) is 2.63. The van der Waals surface area contributed by atoms with Crippen molar-refractivity contribution >= 4 is 5.91 Å². The molecule has 1 N–H and O–H groups in total. The van der Waals surface area contributed by atoms with Crippen LogP contribution in [0.15, 0.2) is 36.4 Å². The number of alkyl halides is 6. The summed E-state index contributed by atoms with van der Waals surface area (Å²) in [5.74, 6) is -0.459. The van der Waals surface area contributed by atoms with Crippen LogP contribution < -0.4 is 14.8 Å². The van der Waals surface area contributed by atoms with Gasteiger partial charge >= 0.3 is 12.4 Å². The molecule has 2 aromatic carbocycles. The minimum atomic E-state index is -5.04. The first-order valence-corrected chi connectivity index (χ1v) is 7.75. The number of amides is 1. The molecule has 1 amide bonds. The minimum absolute atomic E-state index is 0.0398. The third-order valence-corrected chi connectivity index (χ3v) is 3.77. The summed E-state index contributed by atoms with van der Waals surface area (Å²) in [6.45, 7) is -0.198. The Kier molecular flexibility index (Phi) is 6.10. The molecule has 0 bridgehead atoms. The van der Waals surface area contributed by atoms with E-state index >= 15 is 0 Å². The molecule has 0 aliphatic rings. The van der Waals surface area contributed by atoms with Crippen LogP contribution in [-0.4, -0.2) is 20.1 Å². The first-order valence-electron chi connectivity index (χ1n) is 7.75. The van der Waals surface area contributed by atoms with E-state index in [4.69, 9.17) is 9.47 Å². The first-order chi connectivity index (χ1) is 13.0. The number of nitrogens with one attached hydrogen (secondary N) is 1. The molecule has 0 atom stereocenters. The fourth-order valence-corrected chi connectivity index (χ4v) is 2.46. The maximum atomic E-state index is 12.9. The van der Waals surface area contributed by atoms with E-state index in [1.807, 2.05) is 0 Å². The Hall–Kier alpha value is -2.91. The highest BCUT2D eigenvalue weighted by Crippen LogP contribution is 2.36. The number of carbonyl (C=O) groups is 1. The normalized spacial score (nSPS) is 11.9. The van der Waals surface area contributed by atoms with Gasteiger partial charge in [-0.05, 0) is 24.3 Å². The highest BCUT2D eigenvalue weighted by molar-refractivity contribution is 5.94. The summed E-state index contributed by atoms with van der Waals surface area (Å²) in [5.41, 5.74) is -3.46. The maximum Gasteiger partial charge on any atom is 0.416 e. The largest absolute Gasteiger partial charge is 0.493 e. The summed E-state index contributed by atoms with van der Waals surface area (Å²) >= 11 is 0. The van der Waals surface area contributed by atoms with Gasteiger partial charge in [-0.1, -0.05) is 12.1 Å². The van der Waals surface area contributed by atoms with Crippen molar-refractivity contribution in [2.24, 2.45) is 0 Å². The lowest BCUT2D eigenvalue weighted by molar-refractivity contribution is -0.143. The van der Waals surface area contributed by atoms with Gasteiger partial charge in [-0.25, -0.2) is 0 Å². The molecular formula is C18H15F6NO3. The lowest BCUT2D eigenvalue weighted by Crippen LogP contribution is -2.24. The molecule has 0 spiro atoms. The molecule has 0 saturated carbocycles. The monoisotopic (exact) mass is 407 g/mol. The molecule has 0 radical (unpaired) electrons. The SMILES string of the molecule is COc1cccc(CNC(=O)c2cc(C(F)(F)F)cc(C(F)(F)F)c2)c1OC. The zero-order chi connectivity index (χ0) is 21.1. The van der Waals surface area contributed by atoms with Crippen molar-refractivity contribution in [1.82, 2.24) is 5.32 Å². The van der Waals surface area contributed by atoms with Crippen LogP contribution in [0.1, 0.15) is 27.0 Å². The average molecular weight is 407 g/mol. The standard InChI is InChI=1S/C18H15F6NO3/c1-27-14-5-3-4-10(15(14)28-2)9-25-16(26)11-6-12(17(19,20)21)8-13(7-11)18(22,23)24/h3-8H,9H2,1-2H3,(H,25,26). The second-order valence-corrected chi connectivity index (χ2v) is 5.63. The highest BCUT2D eigenvalue weighted by atomic mass is 19.4. The highest BCUT2D eigenvalue weighted by Gasteiger charge is 2.37. The van der Waals surface area contributed by atoms with Gasteiger partial charge in [-0.2, -0.15) is 26.3 Å². The second-order valence-electron chi connectivity index (χ2n) is 5.63. The second kappa shape index (κ2) is 7.99. The Morgan fingerprint density at radius 2 is 1.50 bits per heavy atom. The molecule has 2 aromatic rings. The van der Waals surface area contributed by atoms with Gasteiger partial charge in [0.25, 0.3) is 5.91 Å². The molecule has 2 rings (SSSR count). The summed E-state index contributed by atoms with van der Waals surface area (Å²) in [6.07, 6.45) is -10.1. The number of rotatable bonds is 5. The molecule has 0 unspecified atom stereocenters. The molecule has 0 aliphatic heterocycles. The van der Waals surface area contributed by atoms with Crippen LogP contribution in [0.25, 0.3) is 0 Å². The molecule has 152 valence electrons. The quantitative estimate of drug-likeness (QED) is 0.733. The fraction of sp³-hybridized carbons (Fsp3) is 0.278. The number of methoxy groups -OCH3 is 2. The number of ether oxygens (including phenoxy) is 2. The van der Waals surface area contributed by atoms with Gasteiger partial charge in [-0.15, -0.1) is 0 Å². The lowest BCUT2D eigenvalue weighted by atomic mass is 10.0. The predicted molar refractivity (Wildman–Crippen MR) is 87.2 cm³/mol. The molecule has 28 heavy (non-hydrogen) atoms. The third kappa shape index (κ3) is 4.87. The van der Waals surface area contributed by atoms with Gasteiger partial charge in [0.05, 0.1) is 25.3 Å². The van der Waals surface area contributed by atoms with E-state index < -0.39 is 35.0 Å². The zero-order valence-corrected chi connectivity index (χ0v) is 14.7. The summed E-state index contributed by atoms with van der Waals surface area (Å²) < 4.78 is 87.7. The van der Waals surface area contributed by atoms with Crippen LogP contribution in [0.3, 0.4) is 0 Å². The Morgan fingerprint density at radius 3 is 1.96 bits per heavy atom. The summed E-state index contributed by atoms with van der Waals surface area (Å²) in [5, 5.41) is 2.29. The predicted octanol–water partition coefficient (Wildman–Crippen LogP) is 4.67. The van der Waals surface area contributed by atoms with Gasteiger partial charge in [0.1, 0.15) is 0 Å². The Morgan fingerprint density at radius 1 is 0.929 bits per heavy atom. The van der Waals surface area contributed by atoms with Gasteiger partial charge < -0.3 is 14.8 Å². The van der Waals surface area contributed by atoms with Crippen LogP contribution in [0.4, 0.5) is 26.3 Å². The van der Waals surface area contributed by atoms with Gasteiger partial charge in [-0.3, -0.25) is 4.79 Å². The molecule has 10 heteroatoms. The zero-order valence-electron chi connectivity index (χ0n) is 14.7. The lowest BCUT2D eigenvalue weighted by Gasteiger charge is -2.15. The van der Waals surface area contributed by atoms with Crippen LogP contribution in [-0.2, 0) is 18.9 Å². The van der Waals surface area contributed by atoms with E-state index in [0.717, 1.165) is 0 Å². The Bertz CT molecular complexity index is 829. The molecule has 4 nitrogen and oxygen atoms in total.